The highest BCUT2D eigenvalue weighted by atomic mass is 35.5. The number of aromatic nitrogens is 2. The van der Waals surface area contributed by atoms with Crippen molar-refractivity contribution in [2.75, 3.05) is 6.61 Å². The molecule has 1 aromatic heterocycles. The lowest BCUT2D eigenvalue weighted by molar-refractivity contribution is 0.152. The minimum atomic E-state index is -0.626. The fourth-order valence-corrected chi connectivity index (χ4v) is 1.67. The first-order valence-electron chi connectivity index (χ1n) is 5.97. The number of hydrogen-bond acceptors (Lipinski definition) is 4. The first-order chi connectivity index (χ1) is 9.70. The molecule has 0 fully saturated rings. The van der Waals surface area contributed by atoms with Crippen molar-refractivity contribution < 1.29 is 9.53 Å². The molecule has 104 valence electrons. The smallest absolute Gasteiger partial charge is 0.427 e. The van der Waals surface area contributed by atoms with Gasteiger partial charge in [-0.2, -0.15) is 5.10 Å². The van der Waals surface area contributed by atoms with Crippen molar-refractivity contribution >= 4 is 23.9 Å². The third-order valence-corrected chi connectivity index (χ3v) is 2.64. The number of carbonyl (C=O) groups excluding carboxylic acids is 1. The Morgan fingerprint density at radius 3 is 2.95 bits per heavy atom. The number of H-pyrrole nitrogens is 1. The second-order valence-electron chi connectivity index (χ2n) is 3.74. The molecule has 0 unspecified atom stereocenters. The monoisotopic (exact) mass is 292 g/mol. The van der Waals surface area contributed by atoms with Crippen molar-refractivity contribution in [3.05, 3.63) is 41.2 Å². The topological polar surface area (TPSA) is 79.4 Å². The van der Waals surface area contributed by atoms with E-state index in [0.29, 0.717) is 16.7 Å². The number of carbonyl (C=O) groups is 1. The number of benzene rings is 1. The summed E-state index contributed by atoms with van der Waals surface area (Å²) in [5.41, 5.74) is 3.55. The molecule has 2 N–H and O–H groups in total. The fourth-order valence-electron chi connectivity index (χ4n) is 1.49. The molecule has 2 rings (SSSR count). The zero-order chi connectivity index (χ0) is 14.4. The van der Waals surface area contributed by atoms with Crippen LogP contribution in [-0.4, -0.2) is 28.9 Å². The number of halogens is 1. The Morgan fingerprint density at radius 1 is 1.50 bits per heavy atom. The Balaban J connectivity index is 2.08. The quantitative estimate of drug-likeness (QED) is 0.672. The molecule has 0 radical (unpaired) electrons. The van der Waals surface area contributed by atoms with Gasteiger partial charge in [-0.3, -0.25) is 0 Å². The van der Waals surface area contributed by atoms with E-state index in [0.717, 1.165) is 5.56 Å². The highest BCUT2D eigenvalue weighted by Gasteiger charge is 2.08. The summed E-state index contributed by atoms with van der Waals surface area (Å²) in [5.74, 6) is 0.633. The largest absolute Gasteiger partial charge is 0.449 e. The van der Waals surface area contributed by atoms with E-state index < -0.39 is 6.09 Å². The third-order valence-electron chi connectivity index (χ3n) is 2.35. The Kier molecular flexibility index (Phi) is 4.73. The fraction of sp³-hybridized carbons (Fsp3) is 0.154. The summed E-state index contributed by atoms with van der Waals surface area (Å²) in [6, 6.07) is 9.54. The Morgan fingerprint density at radius 2 is 2.25 bits per heavy atom. The molecule has 1 amide bonds. The predicted octanol–water partition coefficient (Wildman–Crippen LogP) is 2.81. The van der Waals surface area contributed by atoms with Gasteiger partial charge in [0.2, 0.25) is 0 Å². The standard InChI is InChI=1S/C13H13ClN4O2/c1-2-20-13(19)18-15-8-10-11(14)17-12(16-10)9-6-4-3-5-7-9/h3-8H,2H2,1H3,(H,16,17)(H,18,19). The summed E-state index contributed by atoms with van der Waals surface area (Å²) in [5, 5.41) is 4.06. The molecule has 0 saturated heterocycles. The minimum Gasteiger partial charge on any atom is -0.449 e. The molecule has 0 aliphatic heterocycles. The Bertz CT molecular complexity index is 610. The van der Waals surface area contributed by atoms with Gasteiger partial charge < -0.3 is 9.72 Å². The molecule has 7 heteroatoms. The van der Waals surface area contributed by atoms with Crippen LogP contribution in [-0.2, 0) is 4.74 Å². The van der Waals surface area contributed by atoms with E-state index in [4.69, 9.17) is 11.6 Å². The minimum absolute atomic E-state index is 0.280. The van der Waals surface area contributed by atoms with Crippen LogP contribution < -0.4 is 5.43 Å². The van der Waals surface area contributed by atoms with E-state index in [1.165, 1.54) is 6.21 Å². The first-order valence-corrected chi connectivity index (χ1v) is 6.35. The average molecular weight is 293 g/mol. The van der Waals surface area contributed by atoms with Gasteiger partial charge >= 0.3 is 6.09 Å². The average Bonchev–Trinajstić information content (AvgIpc) is 2.82. The molecule has 0 bridgehead atoms. The van der Waals surface area contributed by atoms with Crippen molar-refractivity contribution in [2.24, 2.45) is 5.10 Å². The van der Waals surface area contributed by atoms with Crippen LogP contribution >= 0.6 is 11.6 Å². The molecule has 6 nitrogen and oxygen atoms in total. The van der Waals surface area contributed by atoms with Gasteiger partial charge in [0.15, 0.2) is 0 Å². The number of imidazole rings is 1. The van der Waals surface area contributed by atoms with Gasteiger partial charge in [-0.15, -0.1) is 0 Å². The van der Waals surface area contributed by atoms with Crippen LogP contribution in [0.4, 0.5) is 4.79 Å². The molecule has 1 heterocycles. The number of hydrazone groups is 1. The second kappa shape index (κ2) is 6.72. The number of nitrogens with zero attached hydrogens (tertiary/aromatic N) is 2. The summed E-state index contributed by atoms with van der Waals surface area (Å²) in [6.45, 7) is 1.99. The maximum Gasteiger partial charge on any atom is 0.427 e. The molecule has 20 heavy (non-hydrogen) atoms. The summed E-state index contributed by atoms with van der Waals surface area (Å²) < 4.78 is 4.66. The Hall–Kier alpha value is -2.34. The van der Waals surface area contributed by atoms with Crippen molar-refractivity contribution in [3.8, 4) is 11.4 Å². The normalized spacial score (nSPS) is 10.7. The van der Waals surface area contributed by atoms with E-state index in [9.17, 15) is 4.79 Å². The van der Waals surface area contributed by atoms with E-state index >= 15 is 0 Å². The SMILES string of the molecule is CCOC(=O)NN=Cc1nc(-c2ccccc2)[nH]c1Cl. The van der Waals surface area contributed by atoms with Crippen molar-refractivity contribution in [1.82, 2.24) is 15.4 Å². The molecule has 0 spiro atoms. The zero-order valence-corrected chi connectivity index (χ0v) is 11.5. The molecule has 0 aliphatic rings. The lowest BCUT2D eigenvalue weighted by atomic mass is 10.2. The lowest BCUT2D eigenvalue weighted by Gasteiger charge is -1.97. The predicted molar refractivity (Wildman–Crippen MR) is 76.8 cm³/mol. The van der Waals surface area contributed by atoms with Crippen LogP contribution in [0, 0.1) is 0 Å². The lowest BCUT2D eigenvalue weighted by Crippen LogP contribution is -2.18. The van der Waals surface area contributed by atoms with Crippen LogP contribution in [0.15, 0.2) is 35.4 Å². The first kappa shape index (κ1) is 14.1. The van der Waals surface area contributed by atoms with Crippen molar-refractivity contribution in [3.63, 3.8) is 0 Å². The molecule has 0 atom stereocenters. The maximum atomic E-state index is 11.0. The molecule has 2 aromatic rings. The molecular formula is C13H13ClN4O2. The van der Waals surface area contributed by atoms with Gasteiger partial charge in [0, 0.05) is 5.56 Å². The zero-order valence-electron chi connectivity index (χ0n) is 10.8. The number of amides is 1. The van der Waals surface area contributed by atoms with Gasteiger partial charge in [0.05, 0.1) is 12.8 Å². The highest BCUT2D eigenvalue weighted by Crippen LogP contribution is 2.19. The van der Waals surface area contributed by atoms with Crippen LogP contribution in [0.1, 0.15) is 12.6 Å². The number of rotatable bonds is 4. The van der Waals surface area contributed by atoms with Gasteiger partial charge in [-0.1, -0.05) is 41.9 Å². The molecule has 0 aliphatic carbocycles. The van der Waals surface area contributed by atoms with Crippen LogP contribution in [0.25, 0.3) is 11.4 Å². The number of ether oxygens (including phenoxy) is 1. The van der Waals surface area contributed by atoms with Crippen LogP contribution in [0.5, 0.6) is 0 Å². The summed E-state index contributed by atoms with van der Waals surface area (Å²) in [7, 11) is 0. The van der Waals surface area contributed by atoms with Gasteiger partial charge in [-0.05, 0) is 6.92 Å². The van der Waals surface area contributed by atoms with E-state index in [-0.39, 0.29) is 6.61 Å². The van der Waals surface area contributed by atoms with E-state index in [1.54, 1.807) is 6.92 Å². The van der Waals surface area contributed by atoms with Crippen LogP contribution in [0.2, 0.25) is 5.15 Å². The van der Waals surface area contributed by atoms with Crippen LogP contribution in [0.3, 0.4) is 0 Å². The molecule has 0 saturated carbocycles. The van der Waals surface area contributed by atoms with Gasteiger partial charge in [-0.25, -0.2) is 15.2 Å². The van der Waals surface area contributed by atoms with E-state index in [1.807, 2.05) is 30.3 Å². The van der Waals surface area contributed by atoms with Crippen molar-refractivity contribution in [1.29, 1.82) is 0 Å². The maximum absolute atomic E-state index is 11.0. The van der Waals surface area contributed by atoms with Crippen molar-refractivity contribution in [2.45, 2.75) is 6.92 Å². The second-order valence-corrected chi connectivity index (χ2v) is 4.12. The van der Waals surface area contributed by atoms with E-state index in [2.05, 4.69) is 25.2 Å². The molecule has 1 aromatic carbocycles. The van der Waals surface area contributed by atoms with Gasteiger partial charge in [0.25, 0.3) is 0 Å². The highest BCUT2D eigenvalue weighted by molar-refractivity contribution is 6.31. The third kappa shape index (κ3) is 3.58. The number of hydrogen-bond donors (Lipinski definition) is 2. The van der Waals surface area contributed by atoms with Gasteiger partial charge in [0.1, 0.15) is 16.7 Å². The number of aromatic amines is 1. The summed E-state index contributed by atoms with van der Waals surface area (Å²) >= 11 is 6.02. The Labute approximate surface area is 120 Å². The summed E-state index contributed by atoms with van der Waals surface area (Å²) in [6.07, 6.45) is 0.723. The number of nitrogens with one attached hydrogen (secondary N) is 2. The molecular weight excluding hydrogens is 280 g/mol. The summed E-state index contributed by atoms with van der Waals surface area (Å²) in [4.78, 5) is 18.3.